The predicted molar refractivity (Wildman–Crippen MR) is 44.2 cm³/mol. The van der Waals surface area contributed by atoms with E-state index in [0.29, 0.717) is 0 Å². The lowest BCUT2D eigenvalue weighted by Crippen LogP contribution is -2.01. The molecule has 0 aliphatic heterocycles. The van der Waals surface area contributed by atoms with Gasteiger partial charge in [-0.2, -0.15) is 0 Å². The van der Waals surface area contributed by atoms with Gasteiger partial charge in [-0.3, -0.25) is 0 Å². The molecule has 1 atom stereocenters. The Labute approximate surface area is 68.1 Å². The van der Waals surface area contributed by atoms with E-state index < -0.39 is 6.10 Å². The first kappa shape index (κ1) is 10.2. The lowest BCUT2D eigenvalue weighted by Gasteiger charge is -2.05. The standard InChI is InChI=1S/C8H10O2.B/c9-6-8(10)7-4-2-1-3-5-7;/h1-5,8-10H,6H2;. The molecule has 0 aliphatic rings. The Morgan fingerprint density at radius 1 is 1.18 bits per heavy atom. The molecule has 0 spiro atoms. The highest BCUT2D eigenvalue weighted by molar-refractivity contribution is 5.75. The van der Waals surface area contributed by atoms with Crippen molar-refractivity contribution in [1.29, 1.82) is 0 Å². The Hall–Kier alpha value is -0.795. The fourth-order valence-corrected chi connectivity index (χ4v) is 0.781. The number of benzene rings is 1. The van der Waals surface area contributed by atoms with E-state index in [1.165, 1.54) is 0 Å². The second kappa shape index (κ2) is 4.94. The van der Waals surface area contributed by atoms with Crippen LogP contribution in [0.3, 0.4) is 0 Å². The zero-order valence-corrected chi connectivity index (χ0v) is 6.14. The second-order valence-electron chi connectivity index (χ2n) is 2.11. The van der Waals surface area contributed by atoms with Crippen LogP contribution in [0.15, 0.2) is 30.3 Å². The van der Waals surface area contributed by atoms with Crippen LogP contribution in [0.1, 0.15) is 11.7 Å². The van der Waals surface area contributed by atoms with Crippen molar-refractivity contribution in [2.24, 2.45) is 0 Å². The minimum absolute atomic E-state index is 0. The molecular weight excluding hydrogens is 139 g/mol. The largest absolute Gasteiger partial charge is 0.393 e. The van der Waals surface area contributed by atoms with E-state index >= 15 is 0 Å². The molecule has 2 N–H and O–H groups in total. The molecular formula is C8H10BO2. The molecule has 3 heteroatoms. The fourth-order valence-electron chi connectivity index (χ4n) is 0.781. The second-order valence-corrected chi connectivity index (χ2v) is 2.11. The highest BCUT2D eigenvalue weighted by Crippen LogP contribution is 2.09. The van der Waals surface area contributed by atoms with E-state index in [9.17, 15) is 0 Å². The zero-order valence-electron chi connectivity index (χ0n) is 6.14. The third-order valence-corrected chi connectivity index (χ3v) is 1.36. The summed E-state index contributed by atoms with van der Waals surface area (Å²) in [7, 11) is 0. The molecule has 1 aromatic rings. The van der Waals surface area contributed by atoms with Crippen molar-refractivity contribution in [2.45, 2.75) is 6.10 Å². The van der Waals surface area contributed by atoms with Gasteiger partial charge < -0.3 is 10.2 Å². The lowest BCUT2D eigenvalue weighted by molar-refractivity contribution is 0.0956. The SMILES string of the molecule is OCC(O)c1ccccc1.[B]. The van der Waals surface area contributed by atoms with E-state index in [1.54, 1.807) is 12.1 Å². The van der Waals surface area contributed by atoms with Crippen LogP contribution in [0.5, 0.6) is 0 Å². The predicted octanol–water partition coefficient (Wildman–Crippen LogP) is 0.331. The number of aliphatic hydroxyl groups excluding tert-OH is 2. The van der Waals surface area contributed by atoms with Gasteiger partial charge in [0.25, 0.3) is 0 Å². The Kier molecular flexibility index (Phi) is 4.58. The Bertz CT molecular complexity index is 189. The molecule has 57 valence electrons. The van der Waals surface area contributed by atoms with Crippen molar-refractivity contribution >= 4 is 8.41 Å². The van der Waals surface area contributed by atoms with Gasteiger partial charge in [0, 0.05) is 8.41 Å². The molecule has 3 radical (unpaired) electrons. The van der Waals surface area contributed by atoms with E-state index in [0.717, 1.165) is 5.56 Å². The summed E-state index contributed by atoms with van der Waals surface area (Å²) < 4.78 is 0. The Morgan fingerprint density at radius 2 is 1.73 bits per heavy atom. The minimum atomic E-state index is -0.735. The van der Waals surface area contributed by atoms with Crippen LogP contribution in [0.4, 0.5) is 0 Å². The third-order valence-electron chi connectivity index (χ3n) is 1.36. The van der Waals surface area contributed by atoms with Crippen molar-refractivity contribution in [2.75, 3.05) is 6.61 Å². The highest BCUT2D eigenvalue weighted by Gasteiger charge is 2.02. The molecule has 0 heterocycles. The normalized spacial score (nSPS) is 11.8. The molecule has 0 saturated heterocycles. The molecule has 0 saturated carbocycles. The molecule has 1 rings (SSSR count). The first-order chi connectivity index (χ1) is 4.84. The van der Waals surface area contributed by atoms with Gasteiger partial charge in [-0.25, -0.2) is 0 Å². The number of hydrogen-bond donors (Lipinski definition) is 2. The summed E-state index contributed by atoms with van der Waals surface area (Å²) in [6.07, 6.45) is -0.735. The van der Waals surface area contributed by atoms with E-state index in [4.69, 9.17) is 10.2 Å². The summed E-state index contributed by atoms with van der Waals surface area (Å²) >= 11 is 0. The van der Waals surface area contributed by atoms with Gasteiger partial charge in [0.15, 0.2) is 0 Å². The van der Waals surface area contributed by atoms with Crippen LogP contribution in [0.25, 0.3) is 0 Å². The molecule has 0 amide bonds. The molecule has 0 aromatic heterocycles. The first-order valence-electron chi connectivity index (χ1n) is 3.18. The van der Waals surface area contributed by atoms with Crippen molar-refractivity contribution in [3.8, 4) is 0 Å². The maximum absolute atomic E-state index is 9.08. The molecule has 1 aromatic carbocycles. The minimum Gasteiger partial charge on any atom is -0.393 e. The Morgan fingerprint density at radius 3 is 2.18 bits per heavy atom. The lowest BCUT2D eigenvalue weighted by atomic mass is 10.1. The maximum Gasteiger partial charge on any atom is 0.102 e. The van der Waals surface area contributed by atoms with Crippen LogP contribution >= 0.6 is 0 Å². The van der Waals surface area contributed by atoms with Gasteiger partial charge in [0.1, 0.15) is 6.10 Å². The van der Waals surface area contributed by atoms with Gasteiger partial charge in [-0.15, -0.1) is 0 Å². The monoisotopic (exact) mass is 149 g/mol. The summed E-state index contributed by atoms with van der Waals surface area (Å²) in [5.41, 5.74) is 0.755. The molecule has 0 bridgehead atoms. The molecule has 11 heavy (non-hydrogen) atoms. The van der Waals surface area contributed by atoms with Crippen LogP contribution in [0.2, 0.25) is 0 Å². The van der Waals surface area contributed by atoms with Gasteiger partial charge in [-0.05, 0) is 5.56 Å². The van der Waals surface area contributed by atoms with E-state index in [-0.39, 0.29) is 15.0 Å². The summed E-state index contributed by atoms with van der Waals surface area (Å²) in [6.45, 7) is -0.218. The van der Waals surface area contributed by atoms with Gasteiger partial charge in [-0.1, -0.05) is 30.3 Å². The zero-order chi connectivity index (χ0) is 7.40. The van der Waals surface area contributed by atoms with Gasteiger partial charge in [0.05, 0.1) is 6.61 Å². The average molecular weight is 149 g/mol. The summed E-state index contributed by atoms with van der Waals surface area (Å²) in [6, 6.07) is 9.08. The fraction of sp³-hybridized carbons (Fsp3) is 0.250. The topological polar surface area (TPSA) is 40.5 Å². The maximum atomic E-state index is 9.08. The van der Waals surface area contributed by atoms with Crippen LogP contribution in [0, 0.1) is 0 Å². The quantitative estimate of drug-likeness (QED) is 0.595. The number of aliphatic hydroxyl groups is 2. The van der Waals surface area contributed by atoms with Crippen LogP contribution < -0.4 is 0 Å². The van der Waals surface area contributed by atoms with Crippen molar-refractivity contribution in [1.82, 2.24) is 0 Å². The smallest absolute Gasteiger partial charge is 0.102 e. The Balaban J connectivity index is 0.000001000. The van der Waals surface area contributed by atoms with Crippen molar-refractivity contribution in [3.05, 3.63) is 35.9 Å². The highest BCUT2D eigenvalue weighted by atomic mass is 16.3. The first-order valence-corrected chi connectivity index (χ1v) is 3.18. The number of rotatable bonds is 2. The summed E-state index contributed by atoms with van der Waals surface area (Å²) in [4.78, 5) is 0. The van der Waals surface area contributed by atoms with Crippen LogP contribution in [-0.2, 0) is 0 Å². The van der Waals surface area contributed by atoms with Crippen molar-refractivity contribution in [3.63, 3.8) is 0 Å². The van der Waals surface area contributed by atoms with Gasteiger partial charge in [0.2, 0.25) is 0 Å². The van der Waals surface area contributed by atoms with Crippen LogP contribution in [-0.4, -0.2) is 25.2 Å². The summed E-state index contributed by atoms with van der Waals surface area (Å²) in [5.74, 6) is 0. The van der Waals surface area contributed by atoms with Gasteiger partial charge >= 0.3 is 0 Å². The average Bonchev–Trinajstić information content (AvgIpc) is 2.05. The molecule has 0 fully saturated rings. The van der Waals surface area contributed by atoms with E-state index in [1.807, 2.05) is 18.2 Å². The number of hydrogen-bond acceptors (Lipinski definition) is 2. The third kappa shape index (κ3) is 2.74. The molecule has 0 aliphatic carbocycles. The summed E-state index contributed by atoms with van der Waals surface area (Å²) in [5, 5.41) is 17.6. The molecule has 2 nitrogen and oxygen atoms in total. The van der Waals surface area contributed by atoms with E-state index in [2.05, 4.69) is 0 Å². The molecule has 1 unspecified atom stereocenters. The van der Waals surface area contributed by atoms with Crippen molar-refractivity contribution < 1.29 is 10.2 Å².